The summed E-state index contributed by atoms with van der Waals surface area (Å²) in [7, 11) is 0. The Kier molecular flexibility index (Phi) is 7.51. The molecule has 5 heteroatoms. The molecule has 0 saturated heterocycles. The van der Waals surface area contributed by atoms with Crippen LogP contribution < -0.4 is 4.90 Å². The molecule has 0 saturated carbocycles. The molecule has 0 fully saturated rings. The number of aromatic nitrogens is 2. The van der Waals surface area contributed by atoms with Gasteiger partial charge < -0.3 is 14.0 Å². The molecule has 0 amide bonds. The predicted molar refractivity (Wildman–Crippen MR) is 225 cm³/mol. The van der Waals surface area contributed by atoms with Gasteiger partial charge >= 0.3 is 0 Å². The summed E-state index contributed by atoms with van der Waals surface area (Å²) < 4.78 is 4.57. The highest BCUT2D eigenvalue weighted by Crippen LogP contribution is 2.44. The number of para-hydroxylation sites is 4. The first-order valence-electron chi connectivity index (χ1n) is 18.2. The molecule has 256 valence electrons. The second-order valence-electron chi connectivity index (χ2n) is 13.6. The average Bonchev–Trinajstić information content (AvgIpc) is 3.77. The van der Waals surface area contributed by atoms with E-state index in [1.807, 2.05) is 24.3 Å². The van der Waals surface area contributed by atoms with Gasteiger partial charge in [0.25, 0.3) is 0 Å². The molecule has 0 N–H and O–H groups in total. The van der Waals surface area contributed by atoms with Crippen LogP contribution in [-0.2, 0) is 0 Å². The number of nitrogens with zero attached hydrogens (tertiary/aromatic N) is 5. The fourth-order valence-corrected chi connectivity index (χ4v) is 8.17. The third kappa shape index (κ3) is 5.15. The molecule has 0 unspecified atom stereocenters. The fourth-order valence-electron chi connectivity index (χ4n) is 8.17. The minimum Gasteiger partial charge on any atom is -0.310 e. The molecule has 8 aromatic carbocycles. The fraction of sp³-hybridized carbons (Fsp3) is 0. The zero-order valence-electron chi connectivity index (χ0n) is 29.6. The van der Waals surface area contributed by atoms with Gasteiger partial charge in [-0.25, -0.2) is 0 Å². The zero-order valence-corrected chi connectivity index (χ0v) is 29.6. The molecule has 0 radical (unpaired) electrons. The van der Waals surface area contributed by atoms with Crippen molar-refractivity contribution in [2.75, 3.05) is 4.90 Å². The molecule has 2 aromatic heterocycles. The molecule has 2 heterocycles. The van der Waals surface area contributed by atoms with Gasteiger partial charge in [0.2, 0.25) is 0 Å². The normalized spacial score (nSPS) is 11.2. The molecule has 0 spiro atoms. The van der Waals surface area contributed by atoms with E-state index in [2.05, 4.69) is 184 Å². The van der Waals surface area contributed by atoms with Gasteiger partial charge in [0.05, 0.1) is 33.2 Å². The summed E-state index contributed by atoms with van der Waals surface area (Å²) in [6.45, 7) is 0. The zero-order chi connectivity index (χ0) is 36.9. The molecule has 0 aliphatic heterocycles. The van der Waals surface area contributed by atoms with E-state index in [-0.39, 0.29) is 0 Å². The van der Waals surface area contributed by atoms with E-state index in [0.29, 0.717) is 11.1 Å². The van der Waals surface area contributed by atoms with Crippen LogP contribution in [0.25, 0.3) is 66.1 Å². The number of hydrogen-bond donors (Lipinski definition) is 0. The third-order valence-electron chi connectivity index (χ3n) is 10.6. The SMILES string of the molecule is N#Cc1ccc(-n2c3ccc(N(c4ccccc4)c4ccccc4)cc3c3c(-c4ccc5c6ccccc6n(-c6ccccc6)c5c4)cccc32)cc1C#N. The van der Waals surface area contributed by atoms with Crippen LogP contribution in [0.4, 0.5) is 17.1 Å². The lowest BCUT2D eigenvalue weighted by Crippen LogP contribution is -2.09. The summed E-state index contributed by atoms with van der Waals surface area (Å²) in [6, 6.07) is 69.8. The predicted octanol–water partition coefficient (Wildman–Crippen LogP) is 12.8. The van der Waals surface area contributed by atoms with Crippen molar-refractivity contribution in [1.29, 1.82) is 10.5 Å². The Bertz CT molecular complexity index is 3120. The molecule has 10 aromatic rings. The molecule has 5 nitrogen and oxygen atoms in total. The highest BCUT2D eigenvalue weighted by Gasteiger charge is 2.21. The van der Waals surface area contributed by atoms with Crippen molar-refractivity contribution in [1.82, 2.24) is 9.13 Å². The Morgan fingerprint density at radius 3 is 1.73 bits per heavy atom. The number of benzene rings is 8. The van der Waals surface area contributed by atoms with Crippen LogP contribution in [0.2, 0.25) is 0 Å². The number of anilines is 3. The van der Waals surface area contributed by atoms with Gasteiger partial charge in [-0.2, -0.15) is 10.5 Å². The van der Waals surface area contributed by atoms with Crippen molar-refractivity contribution in [3.63, 3.8) is 0 Å². The first kappa shape index (κ1) is 31.8. The number of fused-ring (bicyclic) bond motifs is 6. The van der Waals surface area contributed by atoms with Crippen LogP contribution in [-0.4, -0.2) is 9.13 Å². The lowest BCUT2D eigenvalue weighted by atomic mass is 9.98. The van der Waals surface area contributed by atoms with Crippen LogP contribution >= 0.6 is 0 Å². The van der Waals surface area contributed by atoms with Crippen molar-refractivity contribution in [2.45, 2.75) is 0 Å². The van der Waals surface area contributed by atoms with Gasteiger partial charge in [-0.15, -0.1) is 0 Å². The van der Waals surface area contributed by atoms with Crippen molar-refractivity contribution in [2.24, 2.45) is 0 Å². The van der Waals surface area contributed by atoms with E-state index >= 15 is 0 Å². The first-order chi connectivity index (χ1) is 27.2. The Balaban J connectivity index is 1.28. The van der Waals surface area contributed by atoms with E-state index < -0.39 is 0 Å². The Morgan fingerprint density at radius 2 is 1.00 bits per heavy atom. The molecule has 0 aliphatic rings. The second-order valence-corrected chi connectivity index (χ2v) is 13.6. The summed E-state index contributed by atoms with van der Waals surface area (Å²) in [6.07, 6.45) is 0. The molecule has 0 atom stereocenters. The minimum atomic E-state index is 0.348. The van der Waals surface area contributed by atoms with Gasteiger partial charge in [0.1, 0.15) is 12.1 Å². The average molecular weight is 702 g/mol. The number of rotatable bonds is 6. The van der Waals surface area contributed by atoms with Crippen LogP contribution in [0.3, 0.4) is 0 Å². The summed E-state index contributed by atoms with van der Waals surface area (Å²) in [5, 5.41) is 24.4. The van der Waals surface area contributed by atoms with Crippen LogP contribution in [0.1, 0.15) is 11.1 Å². The Morgan fingerprint density at radius 1 is 0.382 bits per heavy atom. The van der Waals surface area contributed by atoms with Gasteiger partial charge in [0.15, 0.2) is 0 Å². The molecule has 55 heavy (non-hydrogen) atoms. The van der Waals surface area contributed by atoms with Crippen LogP contribution in [0.5, 0.6) is 0 Å². The molecule has 0 bridgehead atoms. The van der Waals surface area contributed by atoms with E-state index in [1.165, 1.54) is 10.8 Å². The Hall–Kier alpha value is -7.86. The van der Waals surface area contributed by atoms with E-state index in [1.54, 1.807) is 6.07 Å². The maximum absolute atomic E-state index is 10.0. The molecule has 0 aliphatic carbocycles. The summed E-state index contributed by atoms with van der Waals surface area (Å²) in [5.74, 6) is 0. The highest BCUT2D eigenvalue weighted by atomic mass is 15.1. The highest BCUT2D eigenvalue weighted by molar-refractivity contribution is 6.18. The molecular weight excluding hydrogens is 671 g/mol. The van der Waals surface area contributed by atoms with Crippen LogP contribution in [0.15, 0.2) is 188 Å². The van der Waals surface area contributed by atoms with Crippen molar-refractivity contribution >= 4 is 60.7 Å². The summed E-state index contributed by atoms with van der Waals surface area (Å²) in [4.78, 5) is 2.28. The third-order valence-corrected chi connectivity index (χ3v) is 10.6. The standard InChI is InChI=1S/C50H31N5/c51-32-35-23-25-40(29-36(35)33-52)55-47-28-26-41(53(37-13-4-1-5-14-37)38-15-6-2-7-16-38)31-45(47)50-42(20-12-22-48(50)55)34-24-27-44-43-19-10-11-21-46(43)54(49(44)30-34)39-17-8-3-9-18-39/h1-31H. The maximum Gasteiger partial charge on any atom is 0.101 e. The lowest BCUT2D eigenvalue weighted by molar-refractivity contribution is 1.17. The van der Waals surface area contributed by atoms with Crippen LogP contribution in [0, 0.1) is 22.7 Å². The quantitative estimate of drug-likeness (QED) is 0.173. The topological polar surface area (TPSA) is 60.7 Å². The largest absolute Gasteiger partial charge is 0.310 e. The summed E-state index contributed by atoms with van der Waals surface area (Å²) >= 11 is 0. The monoisotopic (exact) mass is 701 g/mol. The van der Waals surface area contributed by atoms with E-state index in [0.717, 1.165) is 72.4 Å². The second kappa shape index (κ2) is 13.0. The van der Waals surface area contributed by atoms with Crippen molar-refractivity contribution in [3.8, 4) is 34.6 Å². The minimum absolute atomic E-state index is 0.348. The van der Waals surface area contributed by atoms with Crippen molar-refractivity contribution < 1.29 is 0 Å². The first-order valence-corrected chi connectivity index (χ1v) is 18.2. The lowest BCUT2D eigenvalue weighted by Gasteiger charge is -2.25. The van der Waals surface area contributed by atoms with Gasteiger partial charge in [-0.1, -0.05) is 97.1 Å². The Labute approximate surface area is 318 Å². The molecule has 10 rings (SSSR count). The smallest absolute Gasteiger partial charge is 0.101 e. The number of nitriles is 2. The van der Waals surface area contributed by atoms with Gasteiger partial charge in [0, 0.05) is 50.0 Å². The summed E-state index contributed by atoms with van der Waals surface area (Å²) in [5.41, 5.74) is 12.3. The molecular formula is C50H31N5. The maximum atomic E-state index is 10.0. The van der Waals surface area contributed by atoms with E-state index in [9.17, 15) is 10.5 Å². The van der Waals surface area contributed by atoms with Crippen molar-refractivity contribution in [3.05, 3.63) is 199 Å². The number of hydrogen-bond acceptors (Lipinski definition) is 3. The van der Waals surface area contributed by atoms with Gasteiger partial charge in [-0.3, -0.25) is 0 Å². The van der Waals surface area contributed by atoms with E-state index in [4.69, 9.17) is 0 Å². The van der Waals surface area contributed by atoms with Gasteiger partial charge in [-0.05, 0) is 102 Å².